The minimum atomic E-state index is 0.0665. The molecular weight excluding hydrogens is 372 g/mol. The van der Waals surface area contributed by atoms with Crippen molar-refractivity contribution in [2.45, 2.75) is 39.0 Å². The van der Waals surface area contributed by atoms with E-state index in [1.165, 1.54) is 11.8 Å². The van der Waals surface area contributed by atoms with Crippen LogP contribution in [0.25, 0.3) is 22.4 Å². The smallest absolute Gasteiger partial charge is 0.277 e. The first kappa shape index (κ1) is 18.6. The zero-order chi connectivity index (χ0) is 19.8. The highest BCUT2D eigenvalue weighted by Crippen LogP contribution is 2.30. The van der Waals surface area contributed by atoms with Crippen molar-refractivity contribution in [3.8, 4) is 11.5 Å². The van der Waals surface area contributed by atoms with Crippen LogP contribution in [0.4, 0.5) is 0 Å². The first-order valence-electron chi connectivity index (χ1n) is 9.20. The maximum atomic E-state index is 12.7. The second-order valence-corrected chi connectivity index (χ2v) is 8.01. The molecule has 0 fully saturated rings. The van der Waals surface area contributed by atoms with Crippen LogP contribution in [0.2, 0.25) is 0 Å². The number of fused-ring (bicyclic) bond motifs is 1. The van der Waals surface area contributed by atoms with Crippen LogP contribution in [-0.2, 0) is 0 Å². The predicted octanol–water partition coefficient (Wildman–Crippen LogP) is 5.19. The average Bonchev–Trinajstić information content (AvgIpc) is 3.36. The standard InChI is InChI=1S/C21H22N4O2S/c1-12(2)25-13(3)9-16(14(25)4)19(26)11-28-21-24-23-20(27-21)17-10-22-18-8-6-5-7-15(17)18/h5-10,12,22H,11H2,1-4H3. The van der Waals surface area contributed by atoms with E-state index < -0.39 is 0 Å². The van der Waals surface area contributed by atoms with Crippen LogP contribution in [0.15, 0.2) is 46.2 Å². The van der Waals surface area contributed by atoms with Gasteiger partial charge >= 0.3 is 0 Å². The highest BCUT2D eigenvalue weighted by atomic mass is 32.2. The summed E-state index contributed by atoms with van der Waals surface area (Å²) in [5.41, 5.74) is 4.74. The molecule has 28 heavy (non-hydrogen) atoms. The van der Waals surface area contributed by atoms with Gasteiger partial charge in [0, 0.05) is 40.1 Å². The summed E-state index contributed by atoms with van der Waals surface area (Å²) < 4.78 is 7.96. The Balaban J connectivity index is 1.49. The van der Waals surface area contributed by atoms with Gasteiger partial charge in [-0.25, -0.2) is 0 Å². The predicted molar refractivity (Wildman–Crippen MR) is 111 cm³/mol. The van der Waals surface area contributed by atoms with Gasteiger partial charge in [0.2, 0.25) is 0 Å². The number of aromatic amines is 1. The number of aryl methyl sites for hydroxylation is 1. The number of Topliss-reactive ketones (excluding diaryl/α,β-unsaturated/α-hetero) is 1. The van der Waals surface area contributed by atoms with E-state index in [-0.39, 0.29) is 11.5 Å². The topological polar surface area (TPSA) is 76.7 Å². The SMILES string of the molecule is Cc1cc(C(=O)CSc2nnc(-c3c[nH]c4ccccc34)o2)c(C)n1C(C)C. The lowest BCUT2D eigenvalue weighted by Gasteiger charge is -2.13. The first-order chi connectivity index (χ1) is 13.5. The van der Waals surface area contributed by atoms with Gasteiger partial charge in [0.15, 0.2) is 5.78 Å². The van der Waals surface area contributed by atoms with Crippen LogP contribution in [0.3, 0.4) is 0 Å². The Labute approximate surface area is 167 Å². The quantitative estimate of drug-likeness (QED) is 0.360. The molecule has 0 aliphatic rings. The number of thioether (sulfide) groups is 1. The zero-order valence-electron chi connectivity index (χ0n) is 16.3. The molecule has 0 unspecified atom stereocenters. The van der Waals surface area contributed by atoms with Crippen LogP contribution < -0.4 is 0 Å². The van der Waals surface area contributed by atoms with Crippen molar-refractivity contribution in [2.75, 3.05) is 5.75 Å². The summed E-state index contributed by atoms with van der Waals surface area (Å²) in [6, 6.07) is 10.2. The van der Waals surface area contributed by atoms with Gasteiger partial charge in [-0.15, -0.1) is 10.2 Å². The van der Waals surface area contributed by atoms with Crippen LogP contribution in [-0.4, -0.2) is 31.3 Å². The first-order valence-corrected chi connectivity index (χ1v) is 10.2. The largest absolute Gasteiger partial charge is 0.411 e. The van der Waals surface area contributed by atoms with Crippen LogP contribution >= 0.6 is 11.8 Å². The fourth-order valence-corrected chi connectivity index (χ4v) is 4.33. The van der Waals surface area contributed by atoms with Gasteiger partial charge in [-0.3, -0.25) is 4.79 Å². The molecule has 0 radical (unpaired) electrons. The highest BCUT2D eigenvalue weighted by Gasteiger charge is 2.19. The average molecular weight is 395 g/mol. The molecule has 1 aromatic carbocycles. The number of benzene rings is 1. The number of carbonyl (C=O) groups is 1. The van der Waals surface area contributed by atoms with E-state index in [1.807, 2.05) is 50.4 Å². The van der Waals surface area contributed by atoms with Gasteiger partial charge in [0.05, 0.1) is 11.3 Å². The summed E-state index contributed by atoms with van der Waals surface area (Å²) in [6.45, 7) is 8.26. The molecule has 7 heteroatoms. The third-order valence-electron chi connectivity index (χ3n) is 4.85. The number of rotatable bonds is 6. The Morgan fingerprint density at radius 3 is 2.79 bits per heavy atom. The van der Waals surface area contributed by atoms with E-state index in [0.29, 0.717) is 17.2 Å². The Kier molecular flexibility index (Phi) is 4.85. The van der Waals surface area contributed by atoms with E-state index in [2.05, 4.69) is 33.6 Å². The van der Waals surface area contributed by atoms with E-state index >= 15 is 0 Å². The monoisotopic (exact) mass is 394 g/mol. The maximum absolute atomic E-state index is 12.7. The molecule has 0 aliphatic heterocycles. The second-order valence-electron chi connectivity index (χ2n) is 7.08. The number of aromatic nitrogens is 4. The van der Waals surface area contributed by atoms with Gasteiger partial charge < -0.3 is 14.0 Å². The number of nitrogens with zero attached hydrogens (tertiary/aromatic N) is 3. The summed E-state index contributed by atoms with van der Waals surface area (Å²) in [7, 11) is 0. The third kappa shape index (κ3) is 3.26. The van der Waals surface area contributed by atoms with Gasteiger partial charge in [-0.05, 0) is 39.8 Å². The summed E-state index contributed by atoms with van der Waals surface area (Å²) >= 11 is 1.27. The van der Waals surface area contributed by atoms with Gasteiger partial charge in [0.25, 0.3) is 11.1 Å². The minimum absolute atomic E-state index is 0.0665. The van der Waals surface area contributed by atoms with Gasteiger partial charge in [-0.2, -0.15) is 0 Å². The van der Waals surface area contributed by atoms with Gasteiger partial charge in [-0.1, -0.05) is 30.0 Å². The number of nitrogens with one attached hydrogen (secondary N) is 1. The molecule has 0 aliphatic carbocycles. The van der Waals surface area contributed by atoms with Crippen molar-refractivity contribution in [1.82, 2.24) is 19.7 Å². The number of hydrogen-bond donors (Lipinski definition) is 1. The molecule has 0 spiro atoms. The lowest BCUT2D eigenvalue weighted by molar-refractivity contribution is 0.102. The molecule has 0 saturated carbocycles. The van der Waals surface area contributed by atoms with E-state index in [1.54, 1.807) is 0 Å². The summed E-state index contributed by atoms with van der Waals surface area (Å²) in [4.78, 5) is 15.9. The van der Waals surface area contributed by atoms with Crippen molar-refractivity contribution in [3.05, 3.63) is 53.5 Å². The van der Waals surface area contributed by atoms with Crippen molar-refractivity contribution in [2.24, 2.45) is 0 Å². The molecule has 0 amide bonds. The Morgan fingerprint density at radius 2 is 2.04 bits per heavy atom. The molecule has 4 rings (SSSR count). The summed E-state index contributed by atoms with van der Waals surface area (Å²) in [5, 5.41) is 9.66. The van der Waals surface area contributed by atoms with Crippen molar-refractivity contribution < 1.29 is 9.21 Å². The molecule has 0 atom stereocenters. The minimum Gasteiger partial charge on any atom is -0.411 e. The van der Waals surface area contributed by atoms with Crippen molar-refractivity contribution in [1.29, 1.82) is 0 Å². The van der Waals surface area contributed by atoms with Crippen molar-refractivity contribution in [3.63, 3.8) is 0 Å². The van der Waals surface area contributed by atoms with Gasteiger partial charge in [0.1, 0.15) is 0 Å². The van der Waals surface area contributed by atoms with Crippen LogP contribution in [0.1, 0.15) is 41.6 Å². The lowest BCUT2D eigenvalue weighted by atomic mass is 10.2. The Bertz CT molecular complexity index is 1150. The molecule has 144 valence electrons. The molecule has 0 bridgehead atoms. The number of H-pyrrole nitrogens is 1. The molecule has 0 saturated heterocycles. The fourth-order valence-electron chi connectivity index (χ4n) is 3.68. The molecule has 4 aromatic rings. The Morgan fingerprint density at radius 1 is 1.25 bits per heavy atom. The van der Waals surface area contributed by atoms with Crippen LogP contribution in [0.5, 0.6) is 0 Å². The summed E-state index contributed by atoms with van der Waals surface area (Å²) in [5.74, 6) is 0.778. The lowest BCUT2D eigenvalue weighted by Crippen LogP contribution is -2.08. The molecule has 3 aromatic heterocycles. The molecular formula is C21H22N4O2S. The Hall–Kier alpha value is -2.80. The van der Waals surface area contributed by atoms with Crippen LogP contribution in [0, 0.1) is 13.8 Å². The van der Waals surface area contributed by atoms with E-state index in [9.17, 15) is 4.79 Å². The highest BCUT2D eigenvalue weighted by molar-refractivity contribution is 7.99. The zero-order valence-corrected chi connectivity index (χ0v) is 17.1. The number of hydrogen-bond acceptors (Lipinski definition) is 5. The number of ketones is 1. The van der Waals surface area contributed by atoms with E-state index in [0.717, 1.165) is 33.4 Å². The second kappa shape index (κ2) is 7.31. The number of para-hydroxylation sites is 1. The fraction of sp³-hybridized carbons (Fsp3) is 0.286. The van der Waals surface area contributed by atoms with E-state index in [4.69, 9.17) is 4.42 Å². The summed E-state index contributed by atoms with van der Waals surface area (Å²) in [6.07, 6.45) is 1.86. The number of carbonyl (C=O) groups excluding carboxylic acids is 1. The molecule has 3 heterocycles. The third-order valence-corrected chi connectivity index (χ3v) is 5.67. The normalized spacial score (nSPS) is 11.6. The maximum Gasteiger partial charge on any atom is 0.277 e. The molecule has 6 nitrogen and oxygen atoms in total. The molecule has 1 N–H and O–H groups in total. The van der Waals surface area contributed by atoms with Crippen molar-refractivity contribution >= 4 is 28.4 Å².